The summed E-state index contributed by atoms with van der Waals surface area (Å²) in [6, 6.07) is 29.7. The van der Waals surface area contributed by atoms with Gasteiger partial charge < -0.3 is 14.2 Å². The van der Waals surface area contributed by atoms with Gasteiger partial charge in [0.15, 0.2) is 5.92 Å². The maximum Gasteiger partial charge on any atom is 0.320 e. The third-order valence-corrected chi connectivity index (χ3v) is 5.48. The zero-order valence-corrected chi connectivity index (χ0v) is 18.5. The van der Waals surface area contributed by atoms with Gasteiger partial charge in [-0.15, -0.1) is 0 Å². The molecule has 0 aliphatic heterocycles. The van der Waals surface area contributed by atoms with Crippen LogP contribution < -0.4 is 4.74 Å². The van der Waals surface area contributed by atoms with Crippen molar-refractivity contribution < 1.29 is 23.8 Å². The number of rotatable bonds is 7. The first kappa shape index (κ1) is 22.1. The minimum Gasteiger partial charge on any atom is -0.468 e. The van der Waals surface area contributed by atoms with Gasteiger partial charge in [0.1, 0.15) is 11.5 Å². The van der Waals surface area contributed by atoms with Gasteiger partial charge in [-0.3, -0.25) is 9.59 Å². The maximum absolute atomic E-state index is 12.0. The van der Waals surface area contributed by atoms with Crippen molar-refractivity contribution in [1.82, 2.24) is 0 Å². The molecule has 5 heteroatoms. The van der Waals surface area contributed by atoms with Gasteiger partial charge >= 0.3 is 11.9 Å². The molecule has 0 radical (unpaired) electrons. The Morgan fingerprint density at radius 3 is 2.09 bits per heavy atom. The first-order valence-electron chi connectivity index (χ1n) is 10.6. The highest BCUT2D eigenvalue weighted by Gasteiger charge is 2.28. The van der Waals surface area contributed by atoms with Gasteiger partial charge in [-0.2, -0.15) is 0 Å². The van der Waals surface area contributed by atoms with E-state index in [0.29, 0.717) is 0 Å². The second kappa shape index (κ2) is 10.0. The van der Waals surface area contributed by atoms with E-state index in [1.54, 1.807) is 0 Å². The van der Waals surface area contributed by atoms with E-state index in [-0.39, 0.29) is 6.42 Å². The van der Waals surface area contributed by atoms with Crippen LogP contribution in [-0.2, 0) is 25.5 Å². The van der Waals surface area contributed by atoms with Crippen molar-refractivity contribution in [3.63, 3.8) is 0 Å². The predicted octanol–water partition coefficient (Wildman–Crippen LogP) is 5.80. The highest BCUT2D eigenvalue weighted by molar-refractivity contribution is 5.95. The van der Waals surface area contributed by atoms with Gasteiger partial charge in [-0.25, -0.2) is 0 Å². The molecule has 0 unspecified atom stereocenters. The lowest BCUT2D eigenvalue weighted by atomic mass is 9.95. The van der Waals surface area contributed by atoms with Gasteiger partial charge in [0.05, 0.1) is 14.2 Å². The van der Waals surface area contributed by atoms with Crippen molar-refractivity contribution in [2.45, 2.75) is 6.42 Å². The monoisotopic (exact) mass is 440 g/mol. The van der Waals surface area contributed by atoms with Crippen molar-refractivity contribution in [2.24, 2.45) is 5.92 Å². The van der Waals surface area contributed by atoms with E-state index in [4.69, 9.17) is 14.2 Å². The molecule has 0 saturated heterocycles. The summed E-state index contributed by atoms with van der Waals surface area (Å²) in [6.07, 6.45) is 0.213. The summed E-state index contributed by atoms with van der Waals surface area (Å²) in [5.41, 5.74) is 2.87. The molecule has 0 amide bonds. The van der Waals surface area contributed by atoms with Gasteiger partial charge in [-0.1, -0.05) is 66.7 Å². The molecule has 0 atom stereocenters. The van der Waals surface area contributed by atoms with E-state index in [0.717, 1.165) is 39.0 Å². The number of para-hydroxylation sites is 2. The topological polar surface area (TPSA) is 61.8 Å². The fourth-order valence-corrected chi connectivity index (χ4v) is 3.78. The lowest BCUT2D eigenvalue weighted by molar-refractivity contribution is -0.158. The first-order valence-corrected chi connectivity index (χ1v) is 10.6. The Hall–Kier alpha value is -4.12. The van der Waals surface area contributed by atoms with Crippen LogP contribution in [0.4, 0.5) is 0 Å². The third kappa shape index (κ3) is 5.04. The van der Waals surface area contributed by atoms with E-state index in [2.05, 4.69) is 6.07 Å². The Labute approximate surface area is 192 Å². The highest BCUT2D eigenvalue weighted by Crippen LogP contribution is 2.35. The standard InChI is InChI=1S/C28H24O5/c1-31-27(29)25(28(30)32-2)17-19-12-13-21-18-22(15-14-20(21)16-19)24-10-6-7-11-26(24)33-23-8-4-3-5-9-23/h3-16,18,25H,17H2,1-2H3. The van der Waals surface area contributed by atoms with Crippen LogP contribution in [0.1, 0.15) is 5.56 Å². The molecule has 0 aliphatic rings. The number of methoxy groups -OCH3 is 2. The quantitative estimate of drug-likeness (QED) is 0.268. The number of esters is 2. The molecule has 0 spiro atoms. The zero-order valence-electron chi connectivity index (χ0n) is 18.5. The zero-order chi connectivity index (χ0) is 23.2. The highest BCUT2D eigenvalue weighted by atomic mass is 16.5. The predicted molar refractivity (Wildman–Crippen MR) is 127 cm³/mol. The maximum atomic E-state index is 12.0. The van der Waals surface area contributed by atoms with Crippen LogP contribution in [0.5, 0.6) is 11.5 Å². The number of hydrogen-bond donors (Lipinski definition) is 0. The molecule has 33 heavy (non-hydrogen) atoms. The molecule has 0 bridgehead atoms. The number of fused-ring (bicyclic) bond motifs is 1. The van der Waals surface area contributed by atoms with Crippen molar-refractivity contribution in [2.75, 3.05) is 14.2 Å². The molecule has 4 aromatic rings. The lowest BCUT2D eigenvalue weighted by Gasteiger charge is -2.14. The smallest absolute Gasteiger partial charge is 0.320 e. The number of hydrogen-bond acceptors (Lipinski definition) is 5. The SMILES string of the molecule is COC(=O)C(Cc1ccc2cc(-c3ccccc3Oc3ccccc3)ccc2c1)C(=O)OC. The summed E-state index contributed by atoms with van der Waals surface area (Å²) in [5.74, 6) is -0.641. The second-order valence-corrected chi connectivity index (χ2v) is 7.61. The molecule has 166 valence electrons. The molecular formula is C28H24O5. The Bertz CT molecular complexity index is 1260. The van der Waals surface area contributed by atoms with E-state index in [1.807, 2.05) is 84.9 Å². The first-order chi connectivity index (χ1) is 16.1. The number of ether oxygens (including phenoxy) is 3. The Morgan fingerprint density at radius 1 is 0.727 bits per heavy atom. The average molecular weight is 440 g/mol. The number of carbonyl (C=O) groups excluding carboxylic acids is 2. The third-order valence-electron chi connectivity index (χ3n) is 5.48. The Balaban J connectivity index is 1.63. The van der Waals surface area contributed by atoms with Crippen LogP contribution in [0.25, 0.3) is 21.9 Å². The molecule has 0 fully saturated rings. The van der Waals surface area contributed by atoms with E-state index in [9.17, 15) is 9.59 Å². The van der Waals surface area contributed by atoms with Crippen molar-refractivity contribution in [3.05, 3.63) is 96.6 Å². The van der Waals surface area contributed by atoms with E-state index < -0.39 is 17.9 Å². The summed E-state index contributed by atoms with van der Waals surface area (Å²) in [4.78, 5) is 24.0. The summed E-state index contributed by atoms with van der Waals surface area (Å²) in [7, 11) is 2.53. The van der Waals surface area contributed by atoms with Gasteiger partial charge in [0, 0.05) is 5.56 Å². The van der Waals surface area contributed by atoms with Crippen LogP contribution in [0.15, 0.2) is 91.0 Å². The van der Waals surface area contributed by atoms with Crippen LogP contribution in [-0.4, -0.2) is 26.2 Å². The Kier molecular flexibility index (Phi) is 6.69. The average Bonchev–Trinajstić information content (AvgIpc) is 2.87. The molecule has 0 aliphatic carbocycles. The summed E-state index contributed by atoms with van der Waals surface area (Å²) >= 11 is 0. The fraction of sp³-hybridized carbons (Fsp3) is 0.143. The Morgan fingerprint density at radius 2 is 1.36 bits per heavy atom. The molecule has 0 saturated carbocycles. The van der Waals surface area contributed by atoms with Crippen LogP contribution in [0.2, 0.25) is 0 Å². The van der Waals surface area contributed by atoms with Crippen LogP contribution in [0.3, 0.4) is 0 Å². The summed E-state index contributed by atoms with van der Waals surface area (Å²) in [5, 5.41) is 2.05. The second-order valence-electron chi connectivity index (χ2n) is 7.61. The van der Waals surface area contributed by atoms with E-state index >= 15 is 0 Å². The number of benzene rings is 4. The van der Waals surface area contributed by atoms with Crippen LogP contribution >= 0.6 is 0 Å². The molecule has 4 aromatic carbocycles. The van der Waals surface area contributed by atoms with Gasteiger partial charge in [-0.05, 0) is 52.6 Å². The van der Waals surface area contributed by atoms with E-state index in [1.165, 1.54) is 14.2 Å². The molecule has 0 aromatic heterocycles. The minimum atomic E-state index is -0.987. The largest absolute Gasteiger partial charge is 0.468 e. The number of carbonyl (C=O) groups is 2. The molecule has 5 nitrogen and oxygen atoms in total. The van der Waals surface area contributed by atoms with Crippen molar-refractivity contribution in [1.29, 1.82) is 0 Å². The molecular weight excluding hydrogens is 416 g/mol. The van der Waals surface area contributed by atoms with Gasteiger partial charge in [0.25, 0.3) is 0 Å². The molecule has 0 N–H and O–H groups in total. The summed E-state index contributed by atoms with van der Waals surface area (Å²) in [6.45, 7) is 0. The summed E-state index contributed by atoms with van der Waals surface area (Å²) < 4.78 is 15.6. The fourth-order valence-electron chi connectivity index (χ4n) is 3.78. The molecule has 0 heterocycles. The van der Waals surface area contributed by atoms with Gasteiger partial charge in [0.2, 0.25) is 0 Å². The normalized spacial score (nSPS) is 10.8. The molecule has 4 rings (SSSR count). The van der Waals surface area contributed by atoms with Crippen molar-refractivity contribution >= 4 is 22.7 Å². The lowest BCUT2D eigenvalue weighted by Crippen LogP contribution is -2.28. The van der Waals surface area contributed by atoms with Crippen molar-refractivity contribution in [3.8, 4) is 22.6 Å². The van der Waals surface area contributed by atoms with Crippen LogP contribution in [0, 0.1) is 5.92 Å². The minimum absolute atomic E-state index is 0.213.